The topological polar surface area (TPSA) is 75.7 Å². The molecule has 20 heavy (non-hydrogen) atoms. The minimum Gasteiger partial charge on any atom is -0.349 e. The Balaban J connectivity index is 2.35. The number of nitrogens with one attached hydrogen (secondary N) is 1. The average molecular weight is 319 g/mol. The Morgan fingerprint density at radius 2 is 2.10 bits per heavy atom. The monoisotopic (exact) mass is 318 g/mol. The molecule has 1 N–H and O–H groups in total. The first kappa shape index (κ1) is 15.2. The van der Waals surface area contributed by atoms with Crippen molar-refractivity contribution in [1.82, 2.24) is 9.79 Å². The summed E-state index contributed by atoms with van der Waals surface area (Å²) in [7, 11) is -1.29. The fourth-order valence-corrected chi connectivity index (χ4v) is 2.78. The molecule has 1 aromatic rings. The molecule has 0 spiro atoms. The van der Waals surface area contributed by atoms with Crippen LogP contribution in [0.25, 0.3) is 0 Å². The molecular formula is C12H15ClN2O4S. The second-order valence-electron chi connectivity index (χ2n) is 4.49. The van der Waals surface area contributed by atoms with E-state index in [2.05, 4.69) is 10.2 Å². The van der Waals surface area contributed by atoms with Gasteiger partial charge in [0.05, 0.1) is 22.6 Å². The minimum absolute atomic E-state index is 0.0489. The fourth-order valence-electron chi connectivity index (χ4n) is 1.58. The average Bonchev–Trinajstić information content (AvgIpc) is 3.21. The van der Waals surface area contributed by atoms with Gasteiger partial charge in [0, 0.05) is 13.1 Å². The van der Waals surface area contributed by atoms with E-state index in [0.717, 1.165) is 17.3 Å². The van der Waals surface area contributed by atoms with E-state index in [1.807, 2.05) is 0 Å². The van der Waals surface area contributed by atoms with E-state index in [-0.39, 0.29) is 27.4 Å². The summed E-state index contributed by atoms with van der Waals surface area (Å²) in [5, 5.41) is 2.98. The number of halogens is 1. The smallest absolute Gasteiger partial charge is 0.264 e. The van der Waals surface area contributed by atoms with Crippen molar-refractivity contribution in [3.05, 3.63) is 28.8 Å². The largest absolute Gasteiger partial charge is 0.349 e. The Bertz CT molecular complexity index is 628. The summed E-state index contributed by atoms with van der Waals surface area (Å²) in [6.07, 6.45) is 1.88. The highest BCUT2D eigenvalue weighted by Crippen LogP contribution is 2.24. The van der Waals surface area contributed by atoms with Crippen LogP contribution >= 0.6 is 11.6 Å². The summed E-state index contributed by atoms with van der Waals surface area (Å²) in [6.45, 7) is 0. The van der Waals surface area contributed by atoms with Gasteiger partial charge in [0.1, 0.15) is 0 Å². The highest BCUT2D eigenvalue weighted by atomic mass is 35.5. The van der Waals surface area contributed by atoms with Crippen molar-refractivity contribution >= 4 is 27.5 Å². The molecule has 1 saturated carbocycles. The summed E-state index contributed by atoms with van der Waals surface area (Å²) in [5.74, 6) is -0.366. The molecule has 1 aliphatic rings. The van der Waals surface area contributed by atoms with E-state index < -0.39 is 10.0 Å². The third kappa shape index (κ3) is 3.12. The summed E-state index contributed by atoms with van der Waals surface area (Å²) in [6, 6.07) is 4.15. The van der Waals surface area contributed by atoms with Crippen LogP contribution in [-0.4, -0.2) is 39.0 Å². The Hall–Kier alpha value is -1.15. The molecule has 0 radical (unpaired) electrons. The highest BCUT2D eigenvalue weighted by molar-refractivity contribution is 7.89. The van der Waals surface area contributed by atoms with Crippen molar-refractivity contribution in [3.8, 4) is 0 Å². The predicted octanol–water partition coefficient (Wildman–Crippen LogP) is 1.41. The molecule has 1 fully saturated rings. The van der Waals surface area contributed by atoms with Crippen LogP contribution in [0.3, 0.4) is 0 Å². The molecule has 2 rings (SSSR count). The summed E-state index contributed by atoms with van der Waals surface area (Å²) >= 11 is 5.96. The van der Waals surface area contributed by atoms with Crippen molar-refractivity contribution in [1.29, 1.82) is 0 Å². The Kier molecular flexibility index (Phi) is 4.33. The van der Waals surface area contributed by atoms with Gasteiger partial charge in [-0.15, -0.1) is 0 Å². The molecule has 1 aliphatic carbocycles. The minimum atomic E-state index is -3.80. The molecule has 0 aliphatic heterocycles. The quantitative estimate of drug-likeness (QED) is 0.833. The van der Waals surface area contributed by atoms with Crippen molar-refractivity contribution in [3.63, 3.8) is 0 Å². The van der Waals surface area contributed by atoms with Gasteiger partial charge >= 0.3 is 0 Å². The molecule has 8 heteroatoms. The van der Waals surface area contributed by atoms with Crippen LogP contribution in [0.5, 0.6) is 0 Å². The molecule has 1 aromatic carbocycles. The molecule has 0 atom stereocenters. The highest BCUT2D eigenvalue weighted by Gasteiger charge is 2.27. The molecule has 6 nitrogen and oxygen atoms in total. The van der Waals surface area contributed by atoms with E-state index >= 15 is 0 Å². The maximum Gasteiger partial charge on any atom is 0.264 e. The number of sulfonamides is 1. The summed E-state index contributed by atoms with van der Waals surface area (Å²) in [4.78, 5) is 16.6. The van der Waals surface area contributed by atoms with E-state index in [1.54, 1.807) is 0 Å². The molecule has 0 bridgehead atoms. The van der Waals surface area contributed by atoms with Gasteiger partial charge in [-0.05, 0) is 31.0 Å². The van der Waals surface area contributed by atoms with Gasteiger partial charge < -0.3 is 5.32 Å². The summed E-state index contributed by atoms with van der Waals surface area (Å²) < 4.78 is 24.9. The van der Waals surface area contributed by atoms with Gasteiger partial charge in [-0.25, -0.2) is 8.42 Å². The lowest BCUT2D eigenvalue weighted by atomic mass is 10.2. The SMILES string of the molecule is CON(C)S(=O)(=O)c1ccc(Cl)c(C(=O)NC2CC2)c1. The molecule has 0 unspecified atom stereocenters. The van der Waals surface area contributed by atoms with Crippen molar-refractivity contribution < 1.29 is 18.0 Å². The number of rotatable bonds is 5. The van der Waals surface area contributed by atoms with E-state index in [4.69, 9.17) is 11.6 Å². The molecule has 110 valence electrons. The number of carbonyl (C=O) groups is 1. The normalized spacial score (nSPS) is 15.4. The van der Waals surface area contributed by atoms with Crippen LogP contribution < -0.4 is 5.32 Å². The Morgan fingerprint density at radius 3 is 2.65 bits per heavy atom. The van der Waals surface area contributed by atoms with Gasteiger partial charge in [-0.1, -0.05) is 16.1 Å². The predicted molar refractivity (Wildman–Crippen MR) is 73.9 cm³/mol. The van der Waals surface area contributed by atoms with Crippen LogP contribution in [0.15, 0.2) is 23.1 Å². The molecule has 1 amide bonds. The van der Waals surface area contributed by atoms with Crippen LogP contribution in [0.4, 0.5) is 0 Å². The van der Waals surface area contributed by atoms with Gasteiger partial charge in [-0.2, -0.15) is 0 Å². The lowest BCUT2D eigenvalue weighted by Crippen LogP contribution is -2.28. The Labute approximate surface area is 122 Å². The van der Waals surface area contributed by atoms with Gasteiger partial charge in [-0.3, -0.25) is 9.63 Å². The zero-order valence-electron chi connectivity index (χ0n) is 11.1. The van der Waals surface area contributed by atoms with Gasteiger partial charge in [0.25, 0.3) is 15.9 Å². The van der Waals surface area contributed by atoms with Crippen LogP contribution in [0.1, 0.15) is 23.2 Å². The van der Waals surface area contributed by atoms with Crippen molar-refractivity contribution in [2.45, 2.75) is 23.8 Å². The standard InChI is InChI=1S/C12H15ClN2O4S/c1-15(19-2)20(17,18)9-5-6-11(13)10(7-9)12(16)14-8-3-4-8/h5-8H,3-4H2,1-2H3,(H,14,16). The van der Waals surface area contributed by atoms with Gasteiger partial charge in [0.2, 0.25) is 0 Å². The number of amides is 1. The number of hydroxylamine groups is 1. The zero-order valence-corrected chi connectivity index (χ0v) is 12.7. The molecular weight excluding hydrogens is 304 g/mol. The third-order valence-corrected chi connectivity index (χ3v) is 4.99. The number of carbonyl (C=O) groups excluding carboxylic acids is 1. The lowest BCUT2D eigenvalue weighted by Gasteiger charge is -2.15. The first-order valence-electron chi connectivity index (χ1n) is 5.99. The lowest BCUT2D eigenvalue weighted by molar-refractivity contribution is -0.0258. The van der Waals surface area contributed by atoms with E-state index in [9.17, 15) is 13.2 Å². The number of benzene rings is 1. The van der Waals surface area contributed by atoms with Crippen LogP contribution in [-0.2, 0) is 14.9 Å². The number of nitrogens with zero attached hydrogens (tertiary/aromatic N) is 1. The van der Waals surface area contributed by atoms with E-state index in [0.29, 0.717) is 0 Å². The maximum atomic E-state index is 12.1. The van der Waals surface area contributed by atoms with Gasteiger partial charge in [0.15, 0.2) is 0 Å². The third-order valence-electron chi connectivity index (χ3n) is 2.99. The van der Waals surface area contributed by atoms with Crippen molar-refractivity contribution in [2.75, 3.05) is 14.2 Å². The first-order valence-corrected chi connectivity index (χ1v) is 7.81. The van der Waals surface area contributed by atoms with Crippen LogP contribution in [0.2, 0.25) is 5.02 Å². The number of hydrogen-bond acceptors (Lipinski definition) is 4. The molecule has 0 heterocycles. The maximum absolute atomic E-state index is 12.1. The second kappa shape index (κ2) is 5.69. The van der Waals surface area contributed by atoms with E-state index in [1.165, 1.54) is 32.4 Å². The molecule has 0 aromatic heterocycles. The zero-order chi connectivity index (χ0) is 14.9. The first-order chi connectivity index (χ1) is 9.36. The van der Waals surface area contributed by atoms with Crippen LogP contribution in [0, 0.1) is 0 Å². The van der Waals surface area contributed by atoms with Crippen molar-refractivity contribution in [2.24, 2.45) is 0 Å². The fraction of sp³-hybridized carbons (Fsp3) is 0.417. The summed E-state index contributed by atoms with van der Waals surface area (Å²) in [5.41, 5.74) is 0.143. The number of hydrogen-bond donors (Lipinski definition) is 1. The Morgan fingerprint density at radius 1 is 1.45 bits per heavy atom. The molecule has 0 saturated heterocycles. The second-order valence-corrected chi connectivity index (χ2v) is 6.83.